The maximum Gasteiger partial charge on any atom is 0.243 e. The number of hydrogen-bond acceptors (Lipinski definition) is 5. The molecule has 0 radical (unpaired) electrons. The predicted octanol–water partition coefficient (Wildman–Crippen LogP) is 0.772. The van der Waals surface area contributed by atoms with Gasteiger partial charge in [-0.3, -0.25) is 0 Å². The predicted molar refractivity (Wildman–Crippen MR) is 68.1 cm³/mol. The van der Waals surface area contributed by atoms with Gasteiger partial charge in [-0.2, -0.15) is 0 Å². The molecule has 2 rings (SSSR count). The van der Waals surface area contributed by atoms with Crippen molar-refractivity contribution in [1.29, 1.82) is 0 Å². The van der Waals surface area contributed by atoms with Crippen LogP contribution in [-0.4, -0.2) is 24.4 Å². The van der Waals surface area contributed by atoms with Crippen LogP contribution in [0, 0.1) is 11.8 Å². The van der Waals surface area contributed by atoms with Crippen molar-refractivity contribution in [3.8, 4) is 0 Å². The molecule has 3 unspecified atom stereocenters. The Bertz CT molecular complexity index is 514. The maximum atomic E-state index is 12.1. The molecule has 1 heterocycles. The average Bonchev–Trinajstić information content (AvgIpc) is 2.61. The van der Waals surface area contributed by atoms with E-state index in [0.29, 0.717) is 11.8 Å². The first-order valence-corrected chi connectivity index (χ1v) is 7.48. The van der Waals surface area contributed by atoms with Crippen LogP contribution < -0.4 is 10.5 Å². The Hall–Kier alpha value is -1.21. The number of nitrogens with zero attached hydrogens (tertiary/aromatic N) is 2. The minimum atomic E-state index is -3.55. The monoisotopic (exact) mass is 270 g/mol. The Morgan fingerprint density at radius 3 is 2.39 bits per heavy atom. The highest BCUT2D eigenvalue weighted by Gasteiger charge is 2.33. The first-order chi connectivity index (χ1) is 8.40. The number of nitrogens with two attached hydrogens (primary N) is 1. The van der Waals surface area contributed by atoms with E-state index < -0.39 is 10.0 Å². The van der Waals surface area contributed by atoms with Gasteiger partial charge in [0, 0.05) is 6.04 Å². The van der Waals surface area contributed by atoms with E-state index in [1.807, 2.05) is 0 Å². The lowest BCUT2D eigenvalue weighted by molar-refractivity contribution is 0.402. The number of nitrogen functional groups attached to an aromatic ring is 1. The van der Waals surface area contributed by atoms with Crippen LogP contribution in [0.5, 0.6) is 0 Å². The summed E-state index contributed by atoms with van der Waals surface area (Å²) in [4.78, 5) is 7.46. The Balaban J connectivity index is 2.15. The zero-order valence-electron chi connectivity index (χ0n) is 10.5. The molecule has 3 N–H and O–H groups in total. The fraction of sp³-hybridized carbons (Fsp3) is 0.636. The lowest BCUT2D eigenvalue weighted by Crippen LogP contribution is -2.37. The summed E-state index contributed by atoms with van der Waals surface area (Å²) >= 11 is 0. The van der Waals surface area contributed by atoms with Crippen LogP contribution in [0.2, 0.25) is 0 Å². The molecule has 0 spiro atoms. The van der Waals surface area contributed by atoms with Gasteiger partial charge in [0.15, 0.2) is 0 Å². The number of rotatable bonds is 3. The molecule has 18 heavy (non-hydrogen) atoms. The molecule has 1 saturated carbocycles. The summed E-state index contributed by atoms with van der Waals surface area (Å²) in [6, 6.07) is -0.0115. The largest absolute Gasteiger partial charge is 0.368 e. The highest BCUT2D eigenvalue weighted by Crippen LogP contribution is 2.31. The molecule has 0 aromatic carbocycles. The summed E-state index contributed by atoms with van der Waals surface area (Å²) in [7, 11) is -3.55. The lowest BCUT2D eigenvalue weighted by Gasteiger charge is -2.19. The van der Waals surface area contributed by atoms with Crippen LogP contribution in [0.4, 0.5) is 5.95 Å². The molecular weight excluding hydrogens is 252 g/mol. The smallest absolute Gasteiger partial charge is 0.243 e. The van der Waals surface area contributed by atoms with Crippen molar-refractivity contribution in [2.45, 2.75) is 37.6 Å². The Labute approximate surface area is 107 Å². The molecule has 0 saturated heterocycles. The normalized spacial score (nSPS) is 28.4. The highest BCUT2D eigenvalue weighted by molar-refractivity contribution is 7.89. The molecule has 1 aliphatic rings. The van der Waals surface area contributed by atoms with Crippen molar-refractivity contribution in [3.63, 3.8) is 0 Å². The fourth-order valence-corrected chi connectivity index (χ4v) is 3.51. The summed E-state index contributed by atoms with van der Waals surface area (Å²) in [5, 5.41) is 0. The molecule has 1 aliphatic carbocycles. The molecule has 0 bridgehead atoms. The van der Waals surface area contributed by atoms with Crippen molar-refractivity contribution in [1.82, 2.24) is 14.7 Å². The standard InChI is InChI=1S/C11H18N4O2S/c1-7-3-4-10(8(7)2)15-18(16,17)9-5-13-11(12)14-6-9/h5-8,10,15H,3-4H2,1-2H3,(H2,12,13,14). The van der Waals surface area contributed by atoms with E-state index >= 15 is 0 Å². The van der Waals surface area contributed by atoms with Crippen molar-refractivity contribution in [3.05, 3.63) is 12.4 Å². The van der Waals surface area contributed by atoms with Crippen LogP contribution in [-0.2, 0) is 10.0 Å². The number of hydrogen-bond donors (Lipinski definition) is 2. The van der Waals surface area contributed by atoms with Crippen LogP contribution in [0.15, 0.2) is 17.3 Å². The topological polar surface area (TPSA) is 98.0 Å². The molecule has 3 atom stereocenters. The van der Waals surface area contributed by atoms with Crippen LogP contribution in [0.25, 0.3) is 0 Å². The second-order valence-electron chi connectivity index (χ2n) is 4.92. The second kappa shape index (κ2) is 4.81. The molecule has 1 aromatic rings. The van der Waals surface area contributed by atoms with Gasteiger partial charge in [-0.05, 0) is 24.7 Å². The molecule has 0 aliphatic heterocycles. The third-order valence-electron chi connectivity index (χ3n) is 3.73. The first-order valence-electron chi connectivity index (χ1n) is 6.00. The van der Waals surface area contributed by atoms with E-state index in [2.05, 4.69) is 28.5 Å². The van der Waals surface area contributed by atoms with Gasteiger partial charge in [0.2, 0.25) is 16.0 Å². The summed E-state index contributed by atoms with van der Waals surface area (Å²) < 4.78 is 27.0. The fourth-order valence-electron chi connectivity index (χ4n) is 2.26. The summed E-state index contributed by atoms with van der Waals surface area (Å²) in [5.41, 5.74) is 5.34. The van der Waals surface area contributed by atoms with Crippen LogP contribution in [0.1, 0.15) is 26.7 Å². The van der Waals surface area contributed by atoms with Crippen LogP contribution in [0.3, 0.4) is 0 Å². The van der Waals surface area contributed by atoms with Gasteiger partial charge in [0.05, 0.1) is 12.4 Å². The van der Waals surface area contributed by atoms with Crippen molar-refractivity contribution in [2.75, 3.05) is 5.73 Å². The molecule has 100 valence electrons. The maximum absolute atomic E-state index is 12.1. The highest BCUT2D eigenvalue weighted by atomic mass is 32.2. The minimum Gasteiger partial charge on any atom is -0.368 e. The number of anilines is 1. The number of nitrogens with one attached hydrogen (secondary N) is 1. The van der Waals surface area contributed by atoms with Crippen LogP contribution >= 0.6 is 0 Å². The molecule has 1 aromatic heterocycles. The summed E-state index contributed by atoms with van der Waals surface area (Å²) in [6.07, 6.45) is 4.38. The van der Waals surface area contributed by atoms with E-state index in [1.165, 1.54) is 12.4 Å². The summed E-state index contributed by atoms with van der Waals surface area (Å²) in [6.45, 7) is 4.22. The molecule has 6 nitrogen and oxygen atoms in total. The van der Waals surface area contributed by atoms with Gasteiger partial charge in [0.1, 0.15) is 4.90 Å². The molecule has 1 fully saturated rings. The van der Waals surface area contributed by atoms with Gasteiger partial charge in [-0.1, -0.05) is 13.8 Å². The number of sulfonamides is 1. The molecule has 0 amide bonds. The minimum absolute atomic E-state index is 0.0115. The van der Waals surface area contributed by atoms with E-state index in [9.17, 15) is 8.42 Å². The van der Waals surface area contributed by atoms with Crippen molar-refractivity contribution in [2.24, 2.45) is 11.8 Å². The van der Waals surface area contributed by atoms with Crippen molar-refractivity contribution >= 4 is 16.0 Å². The zero-order chi connectivity index (χ0) is 13.3. The van der Waals surface area contributed by atoms with Gasteiger partial charge in [-0.15, -0.1) is 0 Å². The third-order valence-corrected chi connectivity index (χ3v) is 5.17. The van der Waals surface area contributed by atoms with Crippen molar-refractivity contribution < 1.29 is 8.42 Å². The number of aromatic nitrogens is 2. The first kappa shape index (κ1) is 13.2. The van der Waals surface area contributed by atoms with E-state index in [-0.39, 0.29) is 16.9 Å². The molecular formula is C11H18N4O2S. The third kappa shape index (κ3) is 2.62. The quantitative estimate of drug-likeness (QED) is 0.845. The average molecular weight is 270 g/mol. The Morgan fingerprint density at radius 1 is 1.28 bits per heavy atom. The van der Waals surface area contributed by atoms with Gasteiger partial charge in [-0.25, -0.2) is 23.1 Å². The lowest BCUT2D eigenvalue weighted by atomic mass is 9.98. The summed E-state index contributed by atoms with van der Waals surface area (Å²) in [5.74, 6) is 0.951. The van der Waals surface area contributed by atoms with Gasteiger partial charge < -0.3 is 5.73 Å². The van der Waals surface area contributed by atoms with Gasteiger partial charge >= 0.3 is 0 Å². The second-order valence-corrected chi connectivity index (χ2v) is 6.63. The van der Waals surface area contributed by atoms with E-state index in [1.54, 1.807) is 0 Å². The van der Waals surface area contributed by atoms with E-state index in [0.717, 1.165) is 12.8 Å². The van der Waals surface area contributed by atoms with Gasteiger partial charge in [0.25, 0.3) is 0 Å². The van der Waals surface area contributed by atoms with E-state index in [4.69, 9.17) is 5.73 Å². The Morgan fingerprint density at radius 2 is 1.89 bits per heavy atom. The zero-order valence-corrected chi connectivity index (χ0v) is 11.3. The SMILES string of the molecule is CC1CCC(NS(=O)(=O)c2cnc(N)nc2)C1C. The Kier molecular flexibility index (Phi) is 3.54. The molecule has 7 heteroatoms.